The van der Waals surface area contributed by atoms with Gasteiger partial charge < -0.3 is 10.4 Å². The summed E-state index contributed by atoms with van der Waals surface area (Å²) in [7, 11) is 1.80. The summed E-state index contributed by atoms with van der Waals surface area (Å²) in [4.78, 5) is 11.9. The van der Waals surface area contributed by atoms with Crippen LogP contribution in [0.3, 0.4) is 0 Å². The lowest BCUT2D eigenvalue weighted by atomic mass is 10.1. The molecule has 0 radical (unpaired) electrons. The van der Waals surface area contributed by atoms with Crippen molar-refractivity contribution in [3.05, 3.63) is 17.5 Å². The summed E-state index contributed by atoms with van der Waals surface area (Å²) in [6, 6.07) is -0.0255. The molecule has 0 bridgehead atoms. The van der Waals surface area contributed by atoms with Gasteiger partial charge in [0, 0.05) is 25.9 Å². The Morgan fingerprint density at radius 1 is 1.69 bits per heavy atom. The van der Waals surface area contributed by atoms with Crippen LogP contribution in [-0.4, -0.2) is 33.4 Å². The first-order valence-corrected chi connectivity index (χ1v) is 5.52. The van der Waals surface area contributed by atoms with Crippen molar-refractivity contribution >= 4 is 5.91 Å². The fraction of sp³-hybridized carbons (Fsp3) is 0.636. The van der Waals surface area contributed by atoms with Gasteiger partial charge in [-0.25, -0.2) is 0 Å². The van der Waals surface area contributed by atoms with Gasteiger partial charge in [0.05, 0.1) is 11.3 Å². The van der Waals surface area contributed by atoms with Crippen LogP contribution in [0.5, 0.6) is 0 Å². The van der Waals surface area contributed by atoms with Gasteiger partial charge in [-0.1, -0.05) is 6.92 Å². The van der Waals surface area contributed by atoms with Crippen molar-refractivity contribution in [2.45, 2.75) is 32.7 Å². The molecule has 1 aromatic heterocycles. The molecule has 1 amide bonds. The molecule has 1 rings (SSSR count). The summed E-state index contributed by atoms with van der Waals surface area (Å²) >= 11 is 0. The van der Waals surface area contributed by atoms with E-state index in [0.717, 1.165) is 12.1 Å². The number of aromatic nitrogens is 2. The lowest BCUT2D eigenvalue weighted by Crippen LogP contribution is -2.33. The maximum Gasteiger partial charge on any atom is 0.254 e. The third-order valence-corrected chi connectivity index (χ3v) is 2.42. The number of hydrogen-bond acceptors (Lipinski definition) is 3. The van der Waals surface area contributed by atoms with Gasteiger partial charge in [0.15, 0.2) is 0 Å². The highest BCUT2D eigenvalue weighted by atomic mass is 16.3. The van der Waals surface area contributed by atoms with Gasteiger partial charge in [-0.3, -0.25) is 9.48 Å². The van der Waals surface area contributed by atoms with Crippen LogP contribution in [0.15, 0.2) is 6.20 Å². The molecule has 1 heterocycles. The Kier molecular flexibility index (Phi) is 4.49. The lowest BCUT2D eigenvalue weighted by Gasteiger charge is -2.11. The summed E-state index contributed by atoms with van der Waals surface area (Å²) in [6.07, 6.45) is 3.02. The number of hydrogen-bond donors (Lipinski definition) is 2. The van der Waals surface area contributed by atoms with E-state index in [1.54, 1.807) is 17.9 Å². The quantitative estimate of drug-likeness (QED) is 0.766. The fourth-order valence-corrected chi connectivity index (χ4v) is 1.55. The van der Waals surface area contributed by atoms with Gasteiger partial charge in [0.25, 0.3) is 5.91 Å². The zero-order valence-electron chi connectivity index (χ0n) is 10.0. The predicted molar refractivity (Wildman–Crippen MR) is 61.2 cm³/mol. The highest BCUT2D eigenvalue weighted by Crippen LogP contribution is 2.07. The first-order valence-electron chi connectivity index (χ1n) is 5.52. The van der Waals surface area contributed by atoms with Crippen molar-refractivity contribution in [3.63, 3.8) is 0 Å². The molecule has 0 aromatic carbocycles. The van der Waals surface area contributed by atoms with Crippen molar-refractivity contribution in [2.24, 2.45) is 7.05 Å². The van der Waals surface area contributed by atoms with Gasteiger partial charge in [-0.05, 0) is 19.8 Å². The Bertz CT molecular complexity index is 360. The van der Waals surface area contributed by atoms with Gasteiger partial charge in [-0.15, -0.1) is 0 Å². The fourth-order valence-electron chi connectivity index (χ4n) is 1.55. The second-order valence-electron chi connectivity index (χ2n) is 3.90. The molecular formula is C11H19N3O2. The molecule has 1 unspecified atom stereocenters. The summed E-state index contributed by atoms with van der Waals surface area (Å²) in [6.45, 7) is 3.92. The molecule has 0 aliphatic rings. The Morgan fingerprint density at radius 2 is 2.38 bits per heavy atom. The second-order valence-corrected chi connectivity index (χ2v) is 3.90. The van der Waals surface area contributed by atoms with Crippen molar-refractivity contribution < 1.29 is 9.90 Å². The highest BCUT2D eigenvalue weighted by Gasteiger charge is 2.15. The molecule has 5 nitrogen and oxygen atoms in total. The first kappa shape index (κ1) is 12.7. The van der Waals surface area contributed by atoms with E-state index in [1.165, 1.54) is 0 Å². The molecule has 0 fully saturated rings. The number of amides is 1. The molecule has 2 N–H and O–H groups in total. The first-order chi connectivity index (χ1) is 7.58. The molecule has 5 heteroatoms. The number of nitrogens with one attached hydrogen (secondary N) is 1. The number of aryl methyl sites for hydroxylation is 2. The Morgan fingerprint density at radius 3 is 2.94 bits per heavy atom. The number of aliphatic hydroxyl groups is 1. The minimum absolute atomic E-state index is 0.0255. The van der Waals surface area contributed by atoms with E-state index in [4.69, 9.17) is 5.11 Å². The van der Waals surface area contributed by atoms with Crippen LogP contribution in [0.25, 0.3) is 0 Å². The second kappa shape index (κ2) is 5.65. The van der Waals surface area contributed by atoms with Crippen LogP contribution in [0.4, 0.5) is 0 Å². The molecule has 0 aliphatic carbocycles. The van der Waals surface area contributed by atoms with E-state index in [1.807, 2.05) is 13.8 Å². The van der Waals surface area contributed by atoms with Crippen LogP contribution in [0.2, 0.25) is 0 Å². The predicted octanol–water partition coefficient (Wildman–Crippen LogP) is 0.483. The minimum Gasteiger partial charge on any atom is -0.396 e. The number of carbonyl (C=O) groups is 1. The van der Waals surface area contributed by atoms with Crippen molar-refractivity contribution in [3.8, 4) is 0 Å². The summed E-state index contributed by atoms with van der Waals surface area (Å²) in [5.74, 6) is -0.120. The van der Waals surface area contributed by atoms with E-state index >= 15 is 0 Å². The van der Waals surface area contributed by atoms with Crippen molar-refractivity contribution in [2.75, 3.05) is 6.61 Å². The van der Waals surface area contributed by atoms with Crippen LogP contribution in [0, 0.1) is 0 Å². The van der Waals surface area contributed by atoms with Crippen LogP contribution < -0.4 is 5.32 Å². The molecule has 0 saturated carbocycles. The monoisotopic (exact) mass is 225 g/mol. The number of aliphatic hydroxyl groups excluding tert-OH is 1. The van der Waals surface area contributed by atoms with Gasteiger partial charge in [0.1, 0.15) is 0 Å². The zero-order chi connectivity index (χ0) is 12.1. The lowest BCUT2D eigenvalue weighted by molar-refractivity contribution is 0.0933. The number of carbonyl (C=O) groups excluding carboxylic acids is 1. The maximum atomic E-state index is 11.9. The Balaban J connectivity index is 2.72. The summed E-state index contributed by atoms with van der Waals surface area (Å²) < 4.78 is 1.64. The average Bonchev–Trinajstić information content (AvgIpc) is 2.59. The molecular weight excluding hydrogens is 206 g/mol. The van der Waals surface area contributed by atoms with Gasteiger partial charge >= 0.3 is 0 Å². The average molecular weight is 225 g/mol. The minimum atomic E-state index is -0.120. The zero-order valence-corrected chi connectivity index (χ0v) is 10.0. The SMILES string of the molecule is CCc1nn(C)cc1C(=O)NC(C)CCO. The third-order valence-electron chi connectivity index (χ3n) is 2.42. The smallest absolute Gasteiger partial charge is 0.254 e. The topological polar surface area (TPSA) is 67.2 Å². The third kappa shape index (κ3) is 3.06. The van der Waals surface area contributed by atoms with E-state index in [0.29, 0.717) is 12.0 Å². The molecule has 16 heavy (non-hydrogen) atoms. The maximum absolute atomic E-state index is 11.9. The molecule has 0 aliphatic heterocycles. The molecule has 0 saturated heterocycles. The molecule has 90 valence electrons. The van der Waals surface area contributed by atoms with E-state index in [-0.39, 0.29) is 18.6 Å². The molecule has 0 spiro atoms. The standard InChI is InChI=1S/C11H19N3O2/c1-4-10-9(7-14(3)13-10)11(16)12-8(2)5-6-15/h7-8,15H,4-6H2,1-3H3,(H,12,16). The Labute approximate surface area is 95.5 Å². The summed E-state index contributed by atoms with van der Waals surface area (Å²) in [5.41, 5.74) is 1.42. The summed E-state index contributed by atoms with van der Waals surface area (Å²) in [5, 5.41) is 15.8. The van der Waals surface area contributed by atoms with Crippen LogP contribution in [-0.2, 0) is 13.5 Å². The largest absolute Gasteiger partial charge is 0.396 e. The van der Waals surface area contributed by atoms with Crippen molar-refractivity contribution in [1.82, 2.24) is 15.1 Å². The number of rotatable bonds is 5. The van der Waals surface area contributed by atoms with Gasteiger partial charge in [0.2, 0.25) is 0 Å². The van der Waals surface area contributed by atoms with E-state index < -0.39 is 0 Å². The normalized spacial score (nSPS) is 12.5. The van der Waals surface area contributed by atoms with E-state index in [2.05, 4.69) is 10.4 Å². The number of nitrogens with zero attached hydrogens (tertiary/aromatic N) is 2. The highest BCUT2D eigenvalue weighted by molar-refractivity contribution is 5.95. The van der Waals surface area contributed by atoms with Crippen LogP contribution in [0.1, 0.15) is 36.3 Å². The van der Waals surface area contributed by atoms with Gasteiger partial charge in [-0.2, -0.15) is 5.10 Å². The molecule has 1 aromatic rings. The van der Waals surface area contributed by atoms with Crippen LogP contribution >= 0.6 is 0 Å². The Hall–Kier alpha value is -1.36. The molecule has 1 atom stereocenters. The van der Waals surface area contributed by atoms with E-state index in [9.17, 15) is 4.79 Å². The van der Waals surface area contributed by atoms with Crippen molar-refractivity contribution in [1.29, 1.82) is 0 Å².